The lowest BCUT2D eigenvalue weighted by Crippen LogP contribution is -2.48. The van der Waals surface area contributed by atoms with Gasteiger partial charge in [0, 0.05) is 37.3 Å². The number of carbonyl (C=O) groups excluding carboxylic acids is 2. The molecule has 0 atom stereocenters. The van der Waals surface area contributed by atoms with Crippen LogP contribution in [-0.2, 0) is 0 Å². The maximum absolute atomic E-state index is 12.8. The molecule has 1 saturated heterocycles. The van der Waals surface area contributed by atoms with E-state index >= 15 is 0 Å². The molecule has 1 aromatic heterocycles. The molecule has 3 aromatic rings. The normalized spacial score (nSPS) is 14.1. The minimum Gasteiger partial charge on any atom is -0.506 e. The van der Waals surface area contributed by atoms with E-state index in [0.29, 0.717) is 43.3 Å². The Morgan fingerprint density at radius 2 is 1.59 bits per heavy atom. The number of nitrogens with zero attached hydrogens (tertiary/aromatic N) is 2. The van der Waals surface area contributed by atoms with Gasteiger partial charge in [-0.05, 0) is 31.2 Å². The summed E-state index contributed by atoms with van der Waals surface area (Å²) in [4.78, 5) is 28.1. The summed E-state index contributed by atoms with van der Waals surface area (Å²) in [7, 11) is 0. The van der Waals surface area contributed by atoms with Gasteiger partial charge in [0.25, 0.3) is 5.91 Å². The van der Waals surface area contributed by atoms with Crippen molar-refractivity contribution in [2.24, 2.45) is 0 Å². The number of benzene rings is 2. The van der Waals surface area contributed by atoms with E-state index in [0.717, 1.165) is 11.3 Å². The number of aromatic hydroxyl groups is 1. The van der Waals surface area contributed by atoms with Gasteiger partial charge in [0.05, 0.1) is 5.69 Å². The van der Waals surface area contributed by atoms with Crippen molar-refractivity contribution in [1.29, 1.82) is 0 Å². The van der Waals surface area contributed by atoms with Crippen molar-refractivity contribution in [3.63, 3.8) is 0 Å². The molecule has 2 aromatic carbocycles. The van der Waals surface area contributed by atoms with Crippen LogP contribution in [0.2, 0.25) is 0 Å². The minimum atomic E-state index is -0.145. The molecule has 0 bridgehead atoms. The number of furan rings is 1. The van der Waals surface area contributed by atoms with Crippen LogP contribution in [0.3, 0.4) is 0 Å². The predicted octanol–water partition coefficient (Wildman–Crippen LogP) is 3.82. The van der Waals surface area contributed by atoms with Crippen LogP contribution in [0.15, 0.2) is 65.1 Å². The molecule has 0 radical (unpaired) electrons. The molecular formula is C23H22N2O4. The largest absolute Gasteiger partial charge is 0.506 e. The number of para-hydroxylation sites is 2. The van der Waals surface area contributed by atoms with Gasteiger partial charge in [0.1, 0.15) is 11.5 Å². The van der Waals surface area contributed by atoms with Crippen LogP contribution in [-0.4, -0.2) is 47.9 Å². The molecule has 148 valence electrons. The molecule has 4 rings (SSSR count). The van der Waals surface area contributed by atoms with E-state index in [-0.39, 0.29) is 17.4 Å². The fourth-order valence-corrected chi connectivity index (χ4v) is 3.52. The lowest BCUT2D eigenvalue weighted by Gasteiger charge is -2.35. The van der Waals surface area contributed by atoms with E-state index < -0.39 is 0 Å². The Hall–Kier alpha value is -3.54. The van der Waals surface area contributed by atoms with Gasteiger partial charge in [-0.2, -0.15) is 0 Å². The average Bonchev–Trinajstić information content (AvgIpc) is 3.24. The van der Waals surface area contributed by atoms with Gasteiger partial charge in [-0.1, -0.05) is 36.4 Å². The van der Waals surface area contributed by atoms with Crippen LogP contribution in [0.1, 0.15) is 27.8 Å². The number of rotatable bonds is 4. The number of hydrogen-bond acceptors (Lipinski definition) is 5. The summed E-state index contributed by atoms with van der Waals surface area (Å²) in [5, 5.41) is 10.0. The molecule has 1 aliphatic rings. The number of Topliss-reactive ketones (excluding diaryl/α,β-unsaturated/α-hetero) is 1. The first-order valence-corrected chi connectivity index (χ1v) is 9.56. The molecule has 0 unspecified atom stereocenters. The fraction of sp³-hybridized carbons (Fsp3) is 0.217. The van der Waals surface area contributed by atoms with Crippen molar-refractivity contribution >= 4 is 17.4 Å². The first kappa shape index (κ1) is 18.8. The van der Waals surface area contributed by atoms with Gasteiger partial charge in [-0.3, -0.25) is 9.59 Å². The second-order valence-corrected chi connectivity index (χ2v) is 7.07. The number of hydrogen-bond donors (Lipinski definition) is 1. The highest BCUT2D eigenvalue weighted by atomic mass is 16.4. The molecule has 1 amide bonds. The van der Waals surface area contributed by atoms with Crippen LogP contribution >= 0.6 is 0 Å². The fourth-order valence-electron chi connectivity index (χ4n) is 3.52. The Kier molecular flexibility index (Phi) is 5.08. The molecule has 0 aliphatic carbocycles. The summed E-state index contributed by atoms with van der Waals surface area (Å²) in [6, 6.07) is 17.8. The quantitative estimate of drug-likeness (QED) is 0.686. The van der Waals surface area contributed by atoms with Gasteiger partial charge in [0.15, 0.2) is 11.5 Å². The molecule has 1 aliphatic heterocycles. The summed E-state index contributed by atoms with van der Waals surface area (Å²) < 4.78 is 5.79. The second kappa shape index (κ2) is 7.83. The summed E-state index contributed by atoms with van der Waals surface area (Å²) in [5.74, 6) is 1.00. The maximum Gasteiger partial charge on any atom is 0.289 e. The Bertz CT molecular complexity index is 1030. The molecule has 29 heavy (non-hydrogen) atoms. The Morgan fingerprint density at radius 1 is 0.897 bits per heavy atom. The number of anilines is 1. The molecule has 6 nitrogen and oxygen atoms in total. The Morgan fingerprint density at radius 3 is 2.24 bits per heavy atom. The number of phenols is 1. The summed E-state index contributed by atoms with van der Waals surface area (Å²) in [5.41, 5.74) is 2.24. The number of piperazine rings is 1. The first-order chi connectivity index (χ1) is 14.0. The monoisotopic (exact) mass is 390 g/mol. The third-order valence-corrected chi connectivity index (χ3v) is 5.18. The molecule has 0 saturated carbocycles. The Balaban J connectivity index is 1.42. The highest BCUT2D eigenvalue weighted by molar-refractivity contribution is 5.94. The lowest BCUT2D eigenvalue weighted by molar-refractivity contribution is 0.0715. The van der Waals surface area contributed by atoms with Gasteiger partial charge in [0.2, 0.25) is 0 Å². The van der Waals surface area contributed by atoms with Crippen LogP contribution in [0, 0.1) is 0 Å². The smallest absolute Gasteiger partial charge is 0.289 e. The Labute approximate surface area is 169 Å². The maximum atomic E-state index is 12.8. The van der Waals surface area contributed by atoms with Crippen molar-refractivity contribution < 1.29 is 19.1 Å². The topological polar surface area (TPSA) is 74.0 Å². The first-order valence-electron chi connectivity index (χ1n) is 9.56. The minimum absolute atomic E-state index is 0.00910. The van der Waals surface area contributed by atoms with Gasteiger partial charge in [-0.15, -0.1) is 0 Å². The number of amides is 1. The third kappa shape index (κ3) is 3.87. The SMILES string of the molecule is CC(=O)c1ccc(-c2ccc(C(=O)N3CCN(c4ccccc4O)CC3)o2)cc1. The molecular weight excluding hydrogens is 368 g/mol. The third-order valence-electron chi connectivity index (χ3n) is 5.18. The molecule has 0 spiro atoms. The van der Waals surface area contributed by atoms with Crippen molar-refractivity contribution in [2.75, 3.05) is 31.1 Å². The number of ketones is 1. The van der Waals surface area contributed by atoms with E-state index in [9.17, 15) is 14.7 Å². The average molecular weight is 390 g/mol. The summed E-state index contributed by atoms with van der Waals surface area (Å²) in [6.45, 7) is 3.91. The zero-order chi connectivity index (χ0) is 20.4. The predicted molar refractivity (Wildman–Crippen MR) is 110 cm³/mol. The van der Waals surface area contributed by atoms with E-state index in [1.165, 1.54) is 6.92 Å². The van der Waals surface area contributed by atoms with Crippen LogP contribution in [0.4, 0.5) is 5.69 Å². The van der Waals surface area contributed by atoms with Gasteiger partial charge in [-0.25, -0.2) is 0 Å². The lowest BCUT2D eigenvalue weighted by atomic mass is 10.1. The summed E-state index contributed by atoms with van der Waals surface area (Å²) in [6.07, 6.45) is 0. The van der Waals surface area contributed by atoms with Crippen molar-refractivity contribution in [3.8, 4) is 17.1 Å². The molecule has 1 fully saturated rings. The van der Waals surface area contributed by atoms with E-state index in [4.69, 9.17) is 4.42 Å². The van der Waals surface area contributed by atoms with E-state index in [1.807, 2.05) is 24.3 Å². The number of carbonyl (C=O) groups is 2. The van der Waals surface area contributed by atoms with Crippen molar-refractivity contribution in [2.45, 2.75) is 6.92 Å². The summed E-state index contributed by atoms with van der Waals surface area (Å²) >= 11 is 0. The van der Waals surface area contributed by atoms with Crippen LogP contribution in [0.5, 0.6) is 5.75 Å². The van der Waals surface area contributed by atoms with Gasteiger partial charge >= 0.3 is 0 Å². The van der Waals surface area contributed by atoms with Crippen LogP contribution in [0.25, 0.3) is 11.3 Å². The second-order valence-electron chi connectivity index (χ2n) is 7.07. The highest BCUT2D eigenvalue weighted by Crippen LogP contribution is 2.28. The van der Waals surface area contributed by atoms with Gasteiger partial charge < -0.3 is 19.3 Å². The molecule has 2 heterocycles. The zero-order valence-corrected chi connectivity index (χ0v) is 16.2. The van der Waals surface area contributed by atoms with Crippen LogP contribution < -0.4 is 4.90 Å². The molecule has 1 N–H and O–H groups in total. The van der Waals surface area contributed by atoms with E-state index in [2.05, 4.69) is 4.90 Å². The zero-order valence-electron chi connectivity index (χ0n) is 16.2. The van der Waals surface area contributed by atoms with Crippen molar-refractivity contribution in [1.82, 2.24) is 4.90 Å². The highest BCUT2D eigenvalue weighted by Gasteiger charge is 2.25. The van der Waals surface area contributed by atoms with Crippen molar-refractivity contribution in [3.05, 3.63) is 72.0 Å². The molecule has 6 heteroatoms. The number of phenolic OH excluding ortho intramolecular Hbond substituents is 1. The van der Waals surface area contributed by atoms with E-state index in [1.54, 1.807) is 41.3 Å². The standard InChI is InChI=1S/C23H22N2O4/c1-16(26)17-6-8-18(9-7-17)21-10-11-22(29-21)23(28)25-14-12-24(13-15-25)19-4-2-3-5-20(19)27/h2-11,27H,12-15H2,1H3.